The average molecular weight is 202 g/mol. The molecule has 0 saturated heterocycles. The molecule has 1 aromatic heterocycles. The first kappa shape index (κ1) is 9.71. The molecule has 0 atom stereocenters. The summed E-state index contributed by atoms with van der Waals surface area (Å²) in [4.78, 5) is 4.22. The van der Waals surface area contributed by atoms with Crippen LogP contribution in [0.3, 0.4) is 0 Å². The van der Waals surface area contributed by atoms with E-state index in [1.54, 1.807) is 4.68 Å². The van der Waals surface area contributed by atoms with Crippen molar-refractivity contribution in [1.82, 2.24) is 14.8 Å². The minimum atomic E-state index is 0.318. The first-order valence-electron chi connectivity index (χ1n) is 4.97. The van der Waals surface area contributed by atoms with Gasteiger partial charge in [0, 0.05) is 12.6 Å². The topological polar surface area (TPSA) is 56.7 Å². The predicted molar refractivity (Wildman–Crippen MR) is 60.2 cm³/mol. The van der Waals surface area contributed by atoms with Gasteiger partial charge in [-0.1, -0.05) is 31.2 Å². The van der Waals surface area contributed by atoms with E-state index >= 15 is 0 Å². The van der Waals surface area contributed by atoms with Gasteiger partial charge in [-0.3, -0.25) is 0 Å². The number of rotatable bonds is 2. The molecule has 0 radical (unpaired) electrons. The molecule has 2 N–H and O–H groups in total. The Hall–Kier alpha value is -1.84. The van der Waals surface area contributed by atoms with Crippen LogP contribution >= 0.6 is 0 Å². The molecule has 1 aromatic carbocycles. The molecule has 0 amide bonds. The molecule has 15 heavy (non-hydrogen) atoms. The molecular formula is C11H14N4. The molecule has 0 bridgehead atoms. The third kappa shape index (κ3) is 1.70. The maximum absolute atomic E-state index is 5.57. The second-order valence-electron chi connectivity index (χ2n) is 3.43. The van der Waals surface area contributed by atoms with Gasteiger partial charge in [0.25, 0.3) is 0 Å². The summed E-state index contributed by atoms with van der Waals surface area (Å²) in [7, 11) is 1.85. The van der Waals surface area contributed by atoms with Gasteiger partial charge in [-0.05, 0) is 12.0 Å². The summed E-state index contributed by atoms with van der Waals surface area (Å²) in [5.41, 5.74) is 7.93. The van der Waals surface area contributed by atoms with Crippen molar-refractivity contribution in [3.8, 4) is 11.4 Å². The van der Waals surface area contributed by atoms with Crippen LogP contribution in [0.5, 0.6) is 0 Å². The van der Waals surface area contributed by atoms with Gasteiger partial charge < -0.3 is 5.73 Å². The number of aromatic nitrogens is 3. The lowest BCUT2D eigenvalue weighted by Crippen LogP contribution is -1.97. The molecule has 0 fully saturated rings. The van der Waals surface area contributed by atoms with Gasteiger partial charge in [0.05, 0.1) is 0 Å². The van der Waals surface area contributed by atoms with Crippen LogP contribution in [0.1, 0.15) is 12.5 Å². The number of hydrogen-bond acceptors (Lipinski definition) is 3. The summed E-state index contributed by atoms with van der Waals surface area (Å²) < 4.78 is 1.71. The highest BCUT2D eigenvalue weighted by Crippen LogP contribution is 2.22. The van der Waals surface area contributed by atoms with Gasteiger partial charge in [-0.25, -0.2) is 4.68 Å². The third-order valence-corrected chi connectivity index (χ3v) is 2.42. The smallest absolute Gasteiger partial charge is 0.240 e. The van der Waals surface area contributed by atoms with Gasteiger partial charge >= 0.3 is 0 Å². The van der Waals surface area contributed by atoms with E-state index in [-0.39, 0.29) is 0 Å². The molecule has 0 unspecified atom stereocenters. The number of aryl methyl sites for hydroxylation is 2. The van der Waals surface area contributed by atoms with Crippen molar-refractivity contribution in [2.45, 2.75) is 13.3 Å². The number of benzene rings is 1. The fraction of sp³-hybridized carbons (Fsp3) is 0.273. The summed E-state index contributed by atoms with van der Waals surface area (Å²) >= 11 is 0. The maximum atomic E-state index is 5.57. The normalized spacial score (nSPS) is 10.5. The van der Waals surface area contributed by atoms with E-state index in [1.807, 2.05) is 25.2 Å². The number of anilines is 1. The van der Waals surface area contributed by atoms with E-state index in [2.05, 4.69) is 23.1 Å². The highest BCUT2D eigenvalue weighted by Gasteiger charge is 2.09. The van der Waals surface area contributed by atoms with Crippen LogP contribution in [0, 0.1) is 0 Å². The largest absolute Gasteiger partial charge is 0.366 e. The Labute approximate surface area is 88.8 Å². The van der Waals surface area contributed by atoms with Crippen LogP contribution in [0.4, 0.5) is 5.95 Å². The van der Waals surface area contributed by atoms with Gasteiger partial charge in [-0.2, -0.15) is 4.98 Å². The predicted octanol–water partition coefficient (Wildman–Crippen LogP) is 1.63. The zero-order valence-corrected chi connectivity index (χ0v) is 8.94. The molecule has 0 aliphatic rings. The van der Waals surface area contributed by atoms with Crippen LogP contribution in [0.2, 0.25) is 0 Å². The van der Waals surface area contributed by atoms with Gasteiger partial charge in [0.1, 0.15) is 0 Å². The summed E-state index contributed by atoms with van der Waals surface area (Å²) in [6, 6.07) is 8.17. The summed E-state index contributed by atoms with van der Waals surface area (Å²) in [6.07, 6.45) is 0.975. The molecule has 0 aliphatic carbocycles. The minimum Gasteiger partial charge on any atom is -0.366 e. The highest BCUT2D eigenvalue weighted by atomic mass is 15.4. The van der Waals surface area contributed by atoms with Crippen molar-refractivity contribution in [3.05, 3.63) is 29.8 Å². The Bertz CT molecular complexity index is 473. The molecule has 2 rings (SSSR count). The first-order chi connectivity index (χ1) is 7.22. The van der Waals surface area contributed by atoms with E-state index in [0.717, 1.165) is 17.8 Å². The first-order valence-corrected chi connectivity index (χ1v) is 4.97. The Kier molecular flexibility index (Phi) is 2.41. The van der Waals surface area contributed by atoms with Gasteiger partial charge in [0.2, 0.25) is 5.95 Å². The monoisotopic (exact) mass is 202 g/mol. The summed E-state index contributed by atoms with van der Waals surface area (Å²) in [5.74, 6) is 1.14. The number of nitrogens with two attached hydrogens (primary N) is 1. The lowest BCUT2D eigenvalue weighted by Gasteiger charge is -2.05. The van der Waals surface area contributed by atoms with Crippen molar-refractivity contribution in [2.24, 2.45) is 7.05 Å². The minimum absolute atomic E-state index is 0.318. The average Bonchev–Trinajstić information content (AvgIpc) is 2.57. The van der Waals surface area contributed by atoms with Crippen molar-refractivity contribution in [1.29, 1.82) is 0 Å². The van der Waals surface area contributed by atoms with Crippen molar-refractivity contribution >= 4 is 5.95 Å². The van der Waals surface area contributed by atoms with Gasteiger partial charge in [-0.15, -0.1) is 5.10 Å². The van der Waals surface area contributed by atoms with E-state index in [9.17, 15) is 0 Å². The van der Waals surface area contributed by atoms with E-state index in [4.69, 9.17) is 5.73 Å². The highest BCUT2D eigenvalue weighted by molar-refractivity contribution is 5.61. The fourth-order valence-electron chi connectivity index (χ4n) is 1.69. The van der Waals surface area contributed by atoms with E-state index in [0.29, 0.717) is 5.95 Å². The Morgan fingerprint density at radius 3 is 2.67 bits per heavy atom. The van der Waals surface area contributed by atoms with Crippen LogP contribution in [0.25, 0.3) is 11.4 Å². The molecule has 0 saturated carbocycles. The molecule has 78 valence electrons. The molecule has 1 heterocycles. The van der Waals surface area contributed by atoms with Crippen LogP contribution < -0.4 is 5.73 Å². The van der Waals surface area contributed by atoms with Crippen LogP contribution in [0.15, 0.2) is 24.3 Å². The second-order valence-corrected chi connectivity index (χ2v) is 3.43. The zero-order valence-electron chi connectivity index (χ0n) is 8.94. The molecule has 0 spiro atoms. The van der Waals surface area contributed by atoms with Gasteiger partial charge in [0.15, 0.2) is 5.82 Å². The number of hydrogen-bond donors (Lipinski definition) is 1. The molecule has 4 heteroatoms. The second kappa shape index (κ2) is 3.73. The van der Waals surface area contributed by atoms with Crippen molar-refractivity contribution in [2.75, 3.05) is 5.73 Å². The fourth-order valence-corrected chi connectivity index (χ4v) is 1.69. The van der Waals surface area contributed by atoms with Crippen LogP contribution in [-0.4, -0.2) is 14.8 Å². The SMILES string of the molecule is CCc1ccccc1-c1nc(N)nn1C. The molecule has 2 aromatic rings. The van der Waals surface area contributed by atoms with Crippen molar-refractivity contribution < 1.29 is 0 Å². The summed E-state index contributed by atoms with van der Waals surface area (Å²) in [6.45, 7) is 2.12. The molecular weight excluding hydrogens is 188 g/mol. The number of nitrogens with zero attached hydrogens (tertiary/aromatic N) is 3. The lowest BCUT2D eigenvalue weighted by molar-refractivity contribution is 0.777. The Balaban J connectivity index is 2.58. The molecule has 4 nitrogen and oxygen atoms in total. The zero-order chi connectivity index (χ0) is 10.8. The standard InChI is InChI=1S/C11H14N4/c1-3-8-6-4-5-7-9(8)10-13-11(12)14-15(10)2/h4-7H,3H2,1-2H3,(H2,12,14). The quantitative estimate of drug-likeness (QED) is 0.805. The third-order valence-electron chi connectivity index (χ3n) is 2.42. The van der Waals surface area contributed by atoms with E-state index < -0.39 is 0 Å². The maximum Gasteiger partial charge on any atom is 0.240 e. The summed E-state index contributed by atoms with van der Waals surface area (Å²) in [5, 5.41) is 4.05. The Morgan fingerprint density at radius 2 is 2.07 bits per heavy atom. The lowest BCUT2D eigenvalue weighted by atomic mass is 10.1. The molecule has 0 aliphatic heterocycles. The van der Waals surface area contributed by atoms with Crippen molar-refractivity contribution in [3.63, 3.8) is 0 Å². The van der Waals surface area contributed by atoms with E-state index in [1.165, 1.54) is 5.56 Å². The van der Waals surface area contributed by atoms with Crippen LogP contribution in [-0.2, 0) is 13.5 Å². The Morgan fingerprint density at radius 1 is 1.33 bits per heavy atom. The number of nitrogen functional groups attached to an aromatic ring is 1.